The first-order chi connectivity index (χ1) is 44.6. The summed E-state index contributed by atoms with van der Waals surface area (Å²) in [5.41, 5.74) is 0. The first kappa shape index (κ1) is 85.9. The lowest BCUT2D eigenvalue weighted by Gasteiger charge is -2.26. The van der Waals surface area contributed by atoms with Crippen molar-refractivity contribution < 1.29 is 42.9 Å². The molecule has 0 saturated carbocycles. The van der Waals surface area contributed by atoms with Gasteiger partial charge in [-0.3, -0.25) is 9.59 Å². The Morgan fingerprint density at radius 3 is 0.901 bits per heavy atom. The number of ether oxygens (including phenoxy) is 4. The zero-order valence-corrected chi connectivity index (χ0v) is 58.9. The number of hydrogen-bond acceptors (Lipinski definition) is 8. The topological polar surface area (TPSA) is 111 Å². The summed E-state index contributed by atoms with van der Waals surface area (Å²) in [6.07, 6.45) is 102. The molecule has 9 nitrogen and oxygen atoms in total. The third kappa shape index (κ3) is 72.2. The van der Waals surface area contributed by atoms with Gasteiger partial charge in [-0.25, -0.2) is 0 Å². The van der Waals surface area contributed by atoms with Crippen molar-refractivity contribution >= 4 is 17.9 Å². The number of esters is 2. The average molecular weight is 1260 g/mol. The molecular formula is C82H135NO8. The van der Waals surface area contributed by atoms with Crippen molar-refractivity contribution in [2.45, 2.75) is 296 Å². The Balaban J connectivity index is 4.11. The number of carbonyl (C=O) groups excluding carboxylic acids is 3. The molecule has 0 aromatic carbocycles. The van der Waals surface area contributed by atoms with Gasteiger partial charge < -0.3 is 33.3 Å². The number of rotatable bonds is 66. The number of hydrogen-bond donors (Lipinski definition) is 0. The zero-order valence-electron chi connectivity index (χ0n) is 58.9. The summed E-state index contributed by atoms with van der Waals surface area (Å²) < 4.78 is 22.7. The van der Waals surface area contributed by atoms with Crippen LogP contribution in [0.15, 0.2) is 158 Å². The van der Waals surface area contributed by atoms with Gasteiger partial charge in [0, 0.05) is 12.8 Å². The molecule has 0 bridgehead atoms. The van der Waals surface area contributed by atoms with Gasteiger partial charge in [0.1, 0.15) is 13.2 Å². The second-order valence-corrected chi connectivity index (χ2v) is 25.1. The first-order valence-corrected chi connectivity index (χ1v) is 36.6. The van der Waals surface area contributed by atoms with Gasteiger partial charge in [-0.1, -0.05) is 307 Å². The molecular weight excluding hydrogens is 1130 g/mol. The SMILES string of the molecule is CC/C=C\C/C=C\C/C=C\C/C=C\C/C=C\C/C=C\C/C=C\C/C=C\CCCCC(=O)OC(COC(=O)CCCCCCCCCCCCCCCCCCCCCCCCC/C=C\C/C=C\C/C=C\C/C=C\C/C=C\CC)COC(OCC[N+](C)(C)C)C(=O)[O-]. The maximum atomic E-state index is 12.9. The molecule has 0 spiro atoms. The molecule has 2 unspecified atom stereocenters. The Hall–Kier alpha value is -5.09. The van der Waals surface area contributed by atoms with E-state index in [1.807, 2.05) is 21.1 Å². The lowest BCUT2D eigenvalue weighted by atomic mass is 10.0. The molecule has 0 fully saturated rings. The van der Waals surface area contributed by atoms with E-state index in [-0.39, 0.29) is 38.6 Å². The maximum absolute atomic E-state index is 12.9. The summed E-state index contributed by atoms with van der Waals surface area (Å²) in [5, 5.41) is 11.8. The van der Waals surface area contributed by atoms with Crippen LogP contribution in [0.2, 0.25) is 0 Å². The molecule has 0 heterocycles. The standard InChI is InChI=1S/C82H135NO8/c1-6-8-10-12-14-16-18-20-22-24-26-28-30-32-34-35-36-37-38-39-40-41-42-43-44-45-47-48-50-52-54-56-58-60-62-64-66-68-70-72-79(84)89-76-78(77-90-82(81(86)87)88-75-74-83(3,4)5)91-80(85)73-71-69-67-65-63-61-59-57-55-53-51-49-46-33-31-29-27-25-23-21-19-17-15-13-11-9-7-2/h8-11,14-17,20-23,26-29,32-34,46,51,53,57,59,63,65,78,82H,6-7,12-13,18-19,24-25,30-31,35-45,47-50,52,54-56,58,60-62,64,66-77H2,1-5H3/b10-8-,11-9-,16-14-,17-15-,22-20-,23-21-,28-26-,29-27-,34-32-,46-33-,53-51-,59-57-,65-63-. The van der Waals surface area contributed by atoms with Gasteiger partial charge in [-0.05, 0) is 122 Å². The molecule has 0 saturated heterocycles. The molecule has 0 aromatic rings. The predicted octanol–water partition coefficient (Wildman–Crippen LogP) is 21.9. The van der Waals surface area contributed by atoms with Gasteiger partial charge in [0.2, 0.25) is 0 Å². The normalized spacial score (nSPS) is 13.6. The summed E-state index contributed by atoms with van der Waals surface area (Å²) in [5.74, 6) is -2.35. The van der Waals surface area contributed by atoms with Crippen LogP contribution in [0, 0.1) is 0 Å². The largest absolute Gasteiger partial charge is 0.545 e. The Morgan fingerprint density at radius 2 is 0.593 bits per heavy atom. The molecule has 0 rings (SSSR count). The molecule has 2 atom stereocenters. The monoisotopic (exact) mass is 1260 g/mol. The van der Waals surface area contributed by atoms with E-state index in [0.29, 0.717) is 17.4 Å². The van der Waals surface area contributed by atoms with Crippen LogP contribution < -0.4 is 5.11 Å². The molecule has 0 aliphatic rings. The molecule has 0 aromatic heterocycles. The zero-order chi connectivity index (χ0) is 66.1. The summed E-state index contributed by atoms with van der Waals surface area (Å²) >= 11 is 0. The van der Waals surface area contributed by atoms with E-state index < -0.39 is 24.3 Å². The Kier molecular flexibility index (Phi) is 66.8. The summed E-state index contributed by atoms with van der Waals surface area (Å²) in [4.78, 5) is 37.5. The second kappa shape index (κ2) is 70.8. The van der Waals surface area contributed by atoms with Crippen molar-refractivity contribution in [1.82, 2.24) is 0 Å². The van der Waals surface area contributed by atoms with E-state index in [1.54, 1.807) is 0 Å². The van der Waals surface area contributed by atoms with E-state index in [2.05, 4.69) is 172 Å². The van der Waals surface area contributed by atoms with Crippen LogP contribution in [-0.2, 0) is 33.3 Å². The van der Waals surface area contributed by atoms with Gasteiger partial charge >= 0.3 is 11.9 Å². The highest BCUT2D eigenvalue weighted by molar-refractivity contribution is 5.70. The number of aliphatic carboxylic acids is 1. The lowest BCUT2D eigenvalue weighted by Crippen LogP contribution is -2.44. The lowest BCUT2D eigenvalue weighted by molar-refractivity contribution is -0.870. The number of carboxylic acid groups (broad SMARTS) is 1. The highest BCUT2D eigenvalue weighted by Crippen LogP contribution is 2.17. The molecule has 0 amide bonds. The maximum Gasteiger partial charge on any atom is 0.306 e. The molecule has 91 heavy (non-hydrogen) atoms. The number of carbonyl (C=O) groups is 3. The number of unbranched alkanes of at least 4 members (excludes halogenated alkanes) is 25. The van der Waals surface area contributed by atoms with Crippen LogP contribution in [-0.4, -0.2) is 82.3 Å². The molecule has 0 radical (unpaired) electrons. The Morgan fingerprint density at radius 1 is 0.330 bits per heavy atom. The Bertz CT molecular complexity index is 2060. The number of allylic oxidation sites excluding steroid dienone is 26. The van der Waals surface area contributed by atoms with Crippen molar-refractivity contribution in [2.24, 2.45) is 0 Å². The van der Waals surface area contributed by atoms with Crippen LogP contribution in [0.25, 0.3) is 0 Å². The molecule has 9 heteroatoms. The minimum absolute atomic E-state index is 0.132. The number of nitrogens with zero attached hydrogens (tertiary/aromatic N) is 1. The Labute approximate surface area is 559 Å². The fraction of sp³-hybridized carbons (Fsp3) is 0.646. The van der Waals surface area contributed by atoms with Crippen molar-refractivity contribution in [3.05, 3.63) is 158 Å². The van der Waals surface area contributed by atoms with Gasteiger partial charge in [-0.15, -0.1) is 0 Å². The van der Waals surface area contributed by atoms with Crippen LogP contribution in [0.3, 0.4) is 0 Å². The van der Waals surface area contributed by atoms with E-state index in [9.17, 15) is 19.5 Å². The van der Waals surface area contributed by atoms with E-state index >= 15 is 0 Å². The number of likely N-dealkylation sites (N-methyl/N-ethyl adjacent to an activating group) is 1. The third-order valence-corrected chi connectivity index (χ3v) is 15.3. The fourth-order valence-electron chi connectivity index (χ4n) is 9.76. The van der Waals surface area contributed by atoms with Crippen molar-refractivity contribution in [3.8, 4) is 0 Å². The summed E-state index contributed by atoms with van der Waals surface area (Å²) in [6.45, 7) is 4.47. The molecule has 516 valence electrons. The third-order valence-electron chi connectivity index (χ3n) is 15.3. The minimum atomic E-state index is -1.64. The average Bonchev–Trinajstić information content (AvgIpc) is 3.46. The van der Waals surface area contributed by atoms with Gasteiger partial charge in [0.05, 0.1) is 40.3 Å². The summed E-state index contributed by atoms with van der Waals surface area (Å²) in [6, 6.07) is 0. The summed E-state index contributed by atoms with van der Waals surface area (Å²) in [7, 11) is 5.91. The van der Waals surface area contributed by atoms with Crippen LogP contribution in [0.1, 0.15) is 284 Å². The van der Waals surface area contributed by atoms with Gasteiger partial charge in [-0.2, -0.15) is 0 Å². The number of quaternary nitrogens is 1. The van der Waals surface area contributed by atoms with E-state index in [1.165, 1.54) is 135 Å². The molecule has 0 N–H and O–H groups in total. The fourth-order valence-corrected chi connectivity index (χ4v) is 9.76. The van der Waals surface area contributed by atoms with E-state index in [0.717, 1.165) is 116 Å². The van der Waals surface area contributed by atoms with Gasteiger partial charge in [0.25, 0.3) is 0 Å². The van der Waals surface area contributed by atoms with E-state index in [4.69, 9.17) is 18.9 Å². The van der Waals surface area contributed by atoms with Crippen molar-refractivity contribution in [3.63, 3.8) is 0 Å². The molecule has 0 aliphatic heterocycles. The number of carboxylic acids is 1. The highest BCUT2D eigenvalue weighted by Gasteiger charge is 2.22. The minimum Gasteiger partial charge on any atom is -0.545 e. The second-order valence-electron chi connectivity index (χ2n) is 25.1. The van der Waals surface area contributed by atoms with Crippen LogP contribution in [0.5, 0.6) is 0 Å². The highest BCUT2D eigenvalue weighted by atomic mass is 16.7. The smallest absolute Gasteiger partial charge is 0.306 e. The predicted molar refractivity (Wildman–Crippen MR) is 389 cm³/mol. The molecule has 0 aliphatic carbocycles. The van der Waals surface area contributed by atoms with Crippen LogP contribution in [0.4, 0.5) is 0 Å². The quantitative estimate of drug-likeness (QED) is 0.0195. The first-order valence-electron chi connectivity index (χ1n) is 36.6. The van der Waals surface area contributed by atoms with Crippen molar-refractivity contribution in [1.29, 1.82) is 0 Å². The van der Waals surface area contributed by atoms with Gasteiger partial charge in [0.15, 0.2) is 12.4 Å². The van der Waals surface area contributed by atoms with Crippen molar-refractivity contribution in [2.75, 3.05) is 47.5 Å². The van der Waals surface area contributed by atoms with Crippen LogP contribution >= 0.6 is 0 Å².